The number of nitrogens with two attached hydrogens (primary N) is 1. The SMILES string of the molecule is COC(=O)C(Cc1ccc([N+](=O)[O-])cc1)NC(=O)c1c(C)cccc1Cl.COC(=O)C(N)Cc1ccc([N+](=O)[O-])cc1.Cc1cccc(Cl)c1C(=O)O.Cl. The van der Waals surface area contributed by atoms with E-state index in [2.05, 4.69) is 10.1 Å². The molecule has 0 aliphatic heterocycles. The van der Waals surface area contributed by atoms with Gasteiger partial charge in [-0.1, -0.05) is 71.7 Å². The lowest BCUT2D eigenvalue weighted by Crippen LogP contribution is -2.43. The number of esters is 2. The fraction of sp³-hybridized carbons (Fsp3) is 0.222. The topological polar surface area (TPSA) is 231 Å². The highest BCUT2D eigenvalue weighted by molar-refractivity contribution is 6.34. The number of amides is 1. The number of hydrogen-bond donors (Lipinski definition) is 3. The quantitative estimate of drug-likeness (QED) is 0.0840. The van der Waals surface area contributed by atoms with E-state index in [1.54, 1.807) is 62.4 Å². The van der Waals surface area contributed by atoms with Gasteiger partial charge in [-0.3, -0.25) is 29.8 Å². The summed E-state index contributed by atoms with van der Waals surface area (Å²) in [5.41, 5.74) is 8.73. The van der Waals surface area contributed by atoms with Gasteiger partial charge in [0.1, 0.15) is 12.1 Å². The summed E-state index contributed by atoms with van der Waals surface area (Å²) < 4.78 is 9.22. The highest BCUT2D eigenvalue weighted by Crippen LogP contribution is 2.21. The van der Waals surface area contributed by atoms with Crippen molar-refractivity contribution in [1.82, 2.24) is 5.32 Å². The summed E-state index contributed by atoms with van der Waals surface area (Å²) in [6, 6.07) is 20.0. The van der Waals surface area contributed by atoms with Crippen molar-refractivity contribution in [2.45, 2.75) is 38.8 Å². The van der Waals surface area contributed by atoms with Crippen molar-refractivity contribution < 1.29 is 43.6 Å². The van der Waals surface area contributed by atoms with E-state index >= 15 is 0 Å². The molecule has 4 rings (SSSR count). The molecule has 0 heterocycles. The number of aryl methyl sites for hydroxylation is 2. The third kappa shape index (κ3) is 14.1. The maximum absolute atomic E-state index is 12.6. The Morgan fingerprint density at radius 3 is 1.48 bits per heavy atom. The number of nitro benzene ring substituents is 2. The molecule has 0 bridgehead atoms. The Morgan fingerprint density at radius 1 is 0.722 bits per heavy atom. The normalized spacial score (nSPS) is 11.0. The molecule has 18 heteroatoms. The number of methoxy groups -OCH3 is 2. The van der Waals surface area contributed by atoms with Gasteiger partial charge in [0.2, 0.25) is 0 Å². The second kappa shape index (κ2) is 22.5. The molecular weight excluding hydrogens is 771 g/mol. The van der Waals surface area contributed by atoms with E-state index in [-0.39, 0.29) is 51.4 Å². The molecule has 0 aliphatic carbocycles. The Bertz CT molecular complexity index is 1900. The molecule has 4 aromatic carbocycles. The third-order valence-corrected chi connectivity index (χ3v) is 8.00. The lowest BCUT2D eigenvalue weighted by molar-refractivity contribution is -0.385. The van der Waals surface area contributed by atoms with E-state index in [4.69, 9.17) is 38.8 Å². The Morgan fingerprint density at radius 2 is 1.13 bits per heavy atom. The van der Waals surface area contributed by atoms with Crippen LogP contribution in [0.25, 0.3) is 0 Å². The third-order valence-electron chi connectivity index (χ3n) is 7.37. The number of ether oxygens (including phenoxy) is 2. The molecule has 0 saturated carbocycles. The molecule has 2 atom stereocenters. The summed E-state index contributed by atoms with van der Waals surface area (Å²) in [5.74, 6) is -2.60. The second-order valence-corrected chi connectivity index (χ2v) is 11.9. The van der Waals surface area contributed by atoms with Gasteiger partial charge in [0.15, 0.2) is 0 Å². The van der Waals surface area contributed by atoms with Gasteiger partial charge in [0.05, 0.1) is 45.2 Å². The number of nitrogens with zero attached hydrogens (tertiary/aromatic N) is 2. The lowest BCUT2D eigenvalue weighted by atomic mass is 10.0. The molecule has 0 aliphatic rings. The highest BCUT2D eigenvalue weighted by Gasteiger charge is 2.25. The van der Waals surface area contributed by atoms with Gasteiger partial charge in [0, 0.05) is 30.7 Å². The predicted octanol–water partition coefficient (Wildman–Crippen LogP) is 6.48. The monoisotopic (exact) mass is 806 g/mol. The summed E-state index contributed by atoms with van der Waals surface area (Å²) in [7, 11) is 2.48. The fourth-order valence-electron chi connectivity index (χ4n) is 4.62. The smallest absolute Gasteiger partial charge is 0.337 e. The molecule has 0 saturated heterocycles. The van der Waals surface area contributed by atoms with Crippen LogP contribution in [0, 0.1) is 34.1 Å². The van der Waals surface area contributed by atoms with Crippen LogP contribution in [0.1, 0.15) is 43.0 Å². The first-order valence-electron chi connectivity index (χ1n) is 15.4. The van der Waals surface area contributed by atoms with Crippen LogP contribution in [0.5, 0.6) is 0 Å². The van der Waals surface area contributed by atoms with E-state index in [1.165, 1.54) is 50.6 Å². The maximum Gasteiger partial charge on any atom is 0.337 e. The van der Waals surface area contributed by atoms with Gasteiger partial charge in [-0.05, 0) is 54.7 Å². The van der Waals surface area contributed by atoms with Crippen molar-refractivity contribution in [2.75, 3.05) is 14.2 Å². The molecular formula is C36H37Cl3N4O11. The summed E-state index contributed by atoms with van der Waals surface area (Å²) >= 11 is 11.7. The van der Waals surface area contributed by atoms with Gasteiger partial charge < -0.3 is 25.6 Å². The van der Waals surface area contributed by atoms with Crippen LogP contribution in [0.2, 0.25) is 10.0 Å². The van der Waals surface area contributed by atoms with Crippen molar-refractivity contribution in [2.24, 2.45) is 5.73 Å². The van der Waals surface area contributed by atoms with E-state index in [0.29, 0.717) is 23.1 Å². The number of carbonyl (C=O) groups is 4. The van der Waals surface area contributed by atoms with Crippen LogP contribution < -0.4 is 11.1 Å². The molecule has 54 heavy (non-hydrogen) atoms. The van der Waals surface area contributed by atoms with E-state index in [1.807, 2.05) is 0 Å². The minimum atomic E-state index is -0.979. The maximum atomic E-state index is 12.6. The Hall–Kier alpha value is -5.61. The number of halogens is 3. The van der Waals surface area contributed by atoms with Crippen LogP contribution in [0.4, 0.5) is 11.4 Å². The molecule has 0 aromatic heterocycles. The zero-order valence-corrected chi connectivity index (χ0v) is 31.6. The van der Waals surface area contributed by atoms with E-state index in [9.17, 15) is 39.4 Å². The Labute approximate surface area is 326 Å². The first kappa shape index (κ1) is 46.4. The molecule has 288 valence electrons. The molecule has 4 N–H and O–H groups in total. The molecule has 0 spiro atoms. The van der Waals surface area contributed by atoms with Gasteiger partial charge in [-0.15, -0.1) is 12.4 Å². The standard InChI is InChI=1S/C18H17ClN2O5.C10H12N2O4.C8H7ClO2.ClH/c1-11-4-3-5-14(19)16(11)17(22)20-15(18(23)26-2)10-12-6-8-13(9-7-12)21(24)25;1-16-10(13)9(11)6-7-2-4-8(5-3-7)12(14)15;1-5-3-2-4-6(9)7(5)8(10)11;/h3-9,15H,10H2,1-2H3,(H,20,22);2-5,9H,6,11H2,1H3;2-4H,1H3,(H,10,11);1H. The number of nitro groups is 2. The van der Waals surface area contributed by atoms with Gasteiger partial charge in [0.25, 0.3) is 17.3 Å². The number of benzene rings is 4. The minimum absolute atomic E-state index is 0. The number of carboxylic acids is 1. The van der Waals surface area contributed by atoms with E-state index < -0.39 is 45.7 Å². The average molecular weight is 808 g/mol. The predicted molar refractivity (Wildman–Crippen MR) is 203 cm³/mol. The van der Waals surface area contributed by atoms with Crippen LogP contribution in [-0.4, -0.2) is 65.1 Å². The van der Waals surface area contributed by atoms with Crippen molar-refractivity contribution in [3.63, 3.8) is 0 Å². The number of hydrogen-bond acceptors (Lipinski definition) is 11. The van der Waals surface area contributed by atoms with E-state index in [0.717, 1.165) is 5.56 Å². The number of aromatic carboxylic acids is 1. The number of nitrogens with one attached hydrogen (secondary N) is 1. The lowest BCUT2D eigenvalue weighted by Gasteiger charge is -2.18. The fourth-order valence-corrected chi connectivity index (χ4v) is 5.23. The van der Waals surface area contributed by atoms with Crippen molar-refractivity contribution in [1.29, 1.82) is 0 Å². The number of carboxylic acid groups (broad SMARTS) is 1. The van der Waals surface area contributed by atoms with Crippen LogP contribution >= 0.6 is 35.6 Å². The average Bonchev–Trinajstić information content (AvgIpc) is 3.11. The molecule has 4 aromatic rings. The summed E-state index contributed by atoms with van der Waals surface area (Å²) in [6.07, 6.45) is 0.421. The van der Waals surface area contributed by atoms with Crippen molar-refractivity contribution >= 4 is 70.8 Å². The first-order valence-corrected chi connectivity index (χ1v) is 16.2. The number of rotatable bonds is 11. The van der Waals surface area contributed by atoms with Crippen LogP contribution in [0.3, 0.4) is 0 Å². The van der Waals surface area contributed by atoms with Gasteiger partial charge in [-0.25, -0.2) is 9.59 Å². The first-order chi connectivity index (χ1) is 25.0. The van der Waals surface area contributed by atoms with Gasteiger partial charge in [-0.2, -0.15) is 0 Å². The molecule has 0 fully saturated rings. The highest BCUT2D eigenvalue weighted by atomic mass is 35.5. The zero-order chi connectivity index (χ0) is 39.8. The molecule has 2 unspecified atom stereocenters. The summed E-state index contributed by atoms with van der Waals surface area (Å²) in [5, 5.41) is 33.0. The summed E-state index contributed by atoms with van der Waals surface area (Å²) in [6.45, 7) is 3.46. The largest absolute Gasteiger partial charge is 0.478 e. The zero-order valence-electron chi connectivity index (χ0n) is 29.3. The molecule has 15 nitrogen and oxygen atoms in total. The number of non-ortho nitro benzene ring substituents is 2. The van der Waals surface area contributed by atoms with Crippen molar-refractivity contribution in [3.05, 3.63) is 149 Å². The molecule has 0 radical (unpaired) electrons. The van der Waals surface area contributed by atoms with Crippen LogP contribution in [-0.2, 0) is 31.9 Å². The summed E-state index contributed by atoms with van der Waals surface area (Å²) in [4.78, 5) is 66.3. The second-order valence-electron chi connectivity index (χ2n) is 11.1. The Balaban J connectivity index is 0.000000443. The number of carbonyl (C=O) groups excluding carboxylic acids is 3. The van der Waals surface area contributed by atoms with Crippen LogP contribution in [0.15, 0.2) is 84.9 Å². The van der Waals surface area contributed by atoms with Crippen molar-refractivity contribution in [3.8, 4) is 0 Å². The Kier molecular flexibility index (Phi) is 19.3. The molecule has 1 amide bonds. The minimum Gasteiger partial charge on any atom is -0.478 e. The van der Waals surface area contributed by atoms with Gasteiger partial charge >= 0.3 is 17.9 Å².